The van der Waals surface area contributed by atoms with Gasteiger partial charge in [-0.2, -0.15) is 5.10 Å². The normalized spacial score (nSPS) is 11.0. The number of nitrogens with one attached hydrogen (secondary N) is 2. The summed E-state index contributed by atoms with van der Waals surface area (Å²) in [6.45, 7) is 2.55. The van der Waals surface area contributed by atoms with Crippen LogP contribution in [0.5, 0.6) is 0 Å². The first kappa shape index (κ1) is 13.4. The SMILES string of the molecule is Cc1nc(C=CC(=O)NCCCc2ncn[nH]2)cs1. The number of hydrogen-bond acceptors (Lipinski definition) is 5. The van der Waals surface area contributed by atoms with Gasteiger partial charge in [-0.25, -0.2) is 9.97 Å². The summed E-state index contributed by atoms with van der Waals surface area (Å²) in [5, 5.41) is 12.3. The zero-order valence-corrected chi connectivity index (χ0v) is 11.4. The Morgan fingerprint density at radius 2 is 2.47 bits per heavy atom. The van der Waals surface area contributed by atoms with Crippen molar-refractivity contribution in [2.45, 2.75) is 19.8 Å². The molecule has 0 saturated carbocycles. The lowest BCUT2D eigenvalue weighted by Gasteiger charge is -2.00. The van der Waals surface area contributed by atoms with Crippen LogP contribution in [0.1, 0.15) is 22.9 Å². The number of hydrogen-bond donors (Lipinski definition) is 2. The van der Waals surface area contributed by atoms with Crippen molar-refractivity contribution in [3.63, 3.8) is 0 Å². The van der Waals surface area contributed by atoms with E-state index in [0.717, 1.165) is 29.4 Å². The van der Waals surface area contributed by atoms with Crippen LogP contribution < -0.4 is 5.32 Å². The second-order valence-electron chi connectivity index (χ2n) is 3.95. The third kappa shape index (κ3) is 4.63. The lowest BCUT2D eigenvalue weighted by atomic mass is 10.3. The van der Waals surface area contributed by atoms with Gasteiger partial charge in [-0.15, -0.1) is 11.3 Å². The molecule has 0 aliphatic carbocycles. The Bertz CT molecular complexity index is 546. The molecule has 0 bridgehead atoms. The van der Waals surface area contributed by atoms with Gasteiger partial charge in [0.15, 0.2) is 0 Å². The molecule has 6 nitrogen and oxygen atoms in total. The summed E-state index contributed by atoms with van der Waals surface area (Å²) >= 11 is 1.57. The number of H-pyrrole nitrogens is 1. The third-order valence-corrected chi connectivity index (χ3v) is 3.19. The summed E-state index contributed by atoms with van der Waals surface area (Å²) in [6.07, 6.45) is 6.30. The topological polar surface area (TPSA) is 83.6 Å². The highest BCUT2D eigenvalue weighted by Crippen LogP contribution is 2.08. The number of rotatable bonds is 6. The van der Waals surface area contributed by atoms with Crippen molar-refractivity contribution in [2.75, 3.05) is 6.54 Å². The van der Waals surface area contributed by atoms with Gasteiger partial charge in [-0.1, -0.05) is 0 Å². The van der Waals surface area contributed by atoms with Crippen LogP contribution in [0.3, 0.4) is 0 Å². The van der Waals surface area contributed by atoms with Gasteiger partial charge in [0.1, 0.15) is 12.2 Å². The fourth-order valence-electron chi connectivity index (χ4n) is 1.50. The minimum Gasteiger partial charge on any atom is -0.353 e. The Balaban J connectivity index is 1.66. The summed E-state index contributed by atoms with van der Waals surface area (Å²) in [7, 11) is 0. The fourth-order valence-corrected chi connectivity index (χ4v) is 2.08. The standard InChI is InChI=1S/C12H15N5OS/c1-9-16-10(7-19-9)4-5-12(18)13-6-2-3-11-14-8-15-17-11/h4-5,7-8H,2-3,6H2,1H3,(H,13,18)(H,14,15,17). The molecule has 0 spiro atoms. The van der Waals surface area contributed by atoms with Gasteiger partial charge in [0.05, 0.1) is 10.7 Å². The van der Waals surface area contributed by atoms with Crippen LogP contribution in [0.2, 0.25) is 0 Å². The number of nitrogens with zero attached hydrogens (tertiary/aromatic N) is 3. The predicted octanol–water partition coefficient (Wildman–Crippen LogP) is 1.33. The molecule has 2 aromatic heterocycles. The molecule has 0 saturated heterocycles. The van der Waals surface area contributed by atoms with E-state index in [-0.39, 0.29) is 5.91 Å². The highest BCUT2D eigenvalue weighted by atomic mass is 32.1. The van der Waals surface area contributed by atoms with Crippen molar-refractivity contribution in [1.82, 2.24) is 25.5 Å². The fraction of sp³-hybridized carbons (Fsp3) is 0.333. The lowest BCUT2D eigenvalue weighted by molar-refractivity contribution is -0.116. The predicted molar refractivity (Wildman–Crippen MR) is 73.6 cm³/mol. The summed E-state index contributed by atoms with van der Waals surface area (Å²) < 4.78 is 0. The van der Waals surface area contributed by atoms with Gasteiger partial charge in [-0.3, -0.25) is 9.89 Å². The van der Waals surface area contributed by atoms with Gasteiger partial charge in [-0.05, 0) is 19.4 Å². The highest BCUT2D eigenvalue weighted by Gasteiger charge is 1.98. The summed E-state index contributed by atoms with van der Waals surface area (Å²) in [5.74, 6) is 0.728. The average Bonchev–Trinajstić information content (AvgIpc) is 3.03. The van der Waals surface area contributed by atoms with E-state index in [0.29, 0.717) is 6.54 Å². The molecule has 2 aromatic rings. The van der Waals surface area contributed by atoms with Crippen LogP contribution in [0.4, 0.5) is 0 Å². The van der Waals surface area contributed by atoms with E-state index in [1.807, 2.05) is 12.3 Å². The average molecular weight is 277 g/mol. The minimum atomic E-state index is -0.108. The minimum absolute atomic E-state index is 0.108. The largest absolute Gasteiger partial charge is 0.353 e. The van der Waals surface area contributed by atoms with E-state index >= 15 is 0 Å². The molecule has 2 heterocycles. The monoisotopic (exact) mass is 277 g/mol. The van der Waals surface area contributed by atoms with E-state index in [2.05, 4.69) is 25.5 Å². The van der Waals surface area contributed by atoms with E-state index in [4.69, 9.17) is 0 Å². The molecule has 7 heteroatoms. The lowest BCUT2D eigenvalue weighted by Crippen LogP contribution is -2.22. The molecule has 100 valence electrons. The number of carbonyl (C=O) groups is 1. The molecule has 0 aliphatic rings. The van der Waals surface area contributed by atoms with E-state index in [1.54, 1.807) is 17.4 Å². The van der Waals surface area contributed by atoms with Gasteiger partial charge in [0.25, 0.3) is 0 Å². The van der Waals surface area contributed by atoms with Crippen LogP contribution in [-0.2, 0) is 11.2 Å². The van der Waals surface area contributed by atoms with Crippen molar-refractivity contribution >= 4 is 23.3 Å². The molecule has 19 heavy (non-hydrogen) atoms. The zero-order chi connectivity index (χ0) is 13.5. The van der Waals surface area contributed by atoms with Crippen molar-refractivity contribution < 1.29 is 4.79 Å². The smallest absolute Gasteiger partial charge is 0.244 e. The molecular weight excluding hydrogens is 262 g/mol. The second kappa shape index (κ2) is 6.79. The Labute approximate surface area is 115 Å². The maximum Gasteiger partial charge on any atom is 0.244 e. The van der Waals surface area contributed by atoms with E-state index in [9.17, 15) is 4.79 Å². The van der Waals surface area contributed by atoms with Crippen molar-refractivity contribution in [1.29, 1.82) is 0 Å². The van der Waals surface area contributed by atoms with Gasteiger partial charge < -0.3 is 5.32 Å². The maximum absolute atomic E-state index is 11.5. The second-order valence-corrected chi connectivity index (χ2v) is 5.01. The number of aryl methyl sites for hydroxylation is 2. The first-order valence-corrected chi connectivity index (χ1v) is 6.84. The molecule has 1 amide bonds. The Morgan fingerprint density at radius 3 is 3.16 bits per heavy atom. The van der Waals surface area contributed by atoms with Gasteiger partial charge >= 0.3 is 0 Å². The summed E-state index contributed by atoms with van der Waals surface area (Å²) in [5.41, 5.74) is 0.819. The number of amides is 1. The van der Waals surface area contributed by atoms with Crippen molar-refractivity contribution in [3.8, 4) is 0 Å². The molecule has 2 N–H and O–H groups in total. The van der Waals surface area contributed by atoms with E-state index < -0.39 is 0 Å². The first-order chi connectivity index (χ1) is 9.24. The molecule has 0 atom stereocenters. The van der Waals surface area contributed by atoms with Crippen LogP contribution in [0.25, 0.3) is 6.08 Å². The Hall–Kier alpha value is -2.02. The molecular formula is C12H15N5OS. The summed E-state index contributed by atoms with van der Waals surface area (Å²) in [6, 6.07) is 0. The van der Waals surface area contributed by atoms with Crippen LogP contribution in [-0.4, -0.2) is 32.6 Å². The number of thiazole rings is 1. The third-order valence-electron chi connectivity index (χ3n) is 2.40. The quantitative estimate of drug-likeness (QED) is 0.616. The molecule has 0 aliphatic heterocycles. The van der Waals surface area contributed by atoms with E-state index in [1.165, 1.54) is 12.4 Å². The number of aromatic nitrogens is 4. The van der Waals surface area contributed by atoms with Crippen LogP contribution >= 0.6 is 11.3 Å². The number of carbonyl (C=O) groups excluding carboxylic acids is 1. The first-order valence-electron chi connectivity index (χ1n) is 5.96. The van der Waals surface area contributed by atoms with Crippen LogP contribution in [0.15, 0.2) is 17.8 Å². The maximum atomic E-state index is 11.5. The Morgan fingerprint density at radius 1 is 1.58 bits per heavy atom. The number of aromatic amines is 1. The molecule has 0 fully saturated rings. The molecule has 0 radical (unpaired) electrons. The highest BCUT2D eigenvalue weighted by molar-refractivity contribution is 7.09. The van der Waals surface area contributed by atoms with Crippen molar-refractivity contribution in [2.24, 2.45) is 0 Å². The van der Waals surface area contributed by atoms with Crippen molar-refractivity contribution in [3.05, 3.63) is 34.3 Å². The van der Waals surface area contributed by atoms with Gasteiger partial charge in [0.2, 0.25) is 5.91 Å². The molecule has 2 rings (SSSR count). The molecule has 0 aromatic carbocycles. The summed E-state index contributed by atoms with van der Waals surface area (Å²) in [4.78, 5) is 19.8. The molecule has 0 unspecified atom stereocenters. The van der Waals surface area contributed by atoms with Crippen LogP contribution in [0, 0.1) is 6.92 Å². The zero-order valence-electron chi connectivity index (χ0n) is 10.6. The Kier molecular flexibility index (Phi) is 4.79. The van der Waals surface area contributed by atoms with Gasteiger partial charge in [0, 0.05) is 24.4 Å².